The number of benzene rings is 1. The first-order chi connectivity index (χ1) is 15.4. The summed E-state index contributed by atoms with van der Waals surface area (Å²) in [4.78, 5) is 11.3. The summed E-state index contributed by atoms with van der Waals surface area (Å²) in [6.07, 6.45) is 11.2. The van der Waals surface area contributed by atoms with Crippen molar-refractivity contribution in [1.29, 1.82) is 0 Å². The summed E-state index contributed by atoms with van der Waals surface area (Å²) in [6, 6.07) is 6.20. The Labute approximate surface area is 190 Å². The number of carbonyl (C=O) groups excluding carboxylic acids is 1. The standard InChI is InChI=1S/C23H23NO6S2/c25-16-24(26)21(22-13-29-12-20(30-22)11-17-4-2-1-3-5-17)15-32(27,28)14-18-6-7-23-19(10-18)8-9-31-23/h1-2,4,6-10,12-13,16,21,26H,3,5,11,14-15H2. The number of thiophene rings is 1. The van der Waals surface area contributed by atoms with Crippen LogP contribution in [0.1, 0.15) is 24.8 Å². The second-order valence-corrected chi connectivity index (χ2v) is 10.7. The van der Waals surface area contributed by atoms with Gasteiger partial charge in [0.05, 0.1) is 11.5 Å². The van der Waals surface area contributed by atoms with Crippen molar-refractivity contribution in [1.82, 2.24) is 5.06 Å². The molecule has 0 radical (unpaired) electrons. The number of carbonyl (C=O) groups is 1. The summed E-state index contributed by atoms with van der Waals surface area (Å²) in [6.45, 7) is 0. The van der Waals surface area contributed by atoms with Crippen LogP contribution in [-0.2, 0) is 29.9 Å². The van der Waals surface area contributed by atoms with Gasteiger partial charge in [0, 0.05) is 11.1 Å². The van der Waals surface area contributed by atoms with Crippen LogP contribution in [0.5, 0.6) is 0 Å². The Bertz CT molecular complexity index is 1220. The van der Waals surface area contributed by atoms with Crippen LogP contribution < -0.4 is 0 Å². The topological polar surface area (TPSA) is 93.1 Å². The number of hydroxylamine groups is 2. The van der Waals surface area contributed by atoms with Crippen LogP contribution in [0, 0.1) is 0 Å². The van der Waals surface area contributed by atoms with Crippen molar-refractivity contribution in [2.24, 2.45) is 0 Å². The van der Waals surface area contributed by atoms with E-state index in [1.165, 1.54) is 12.5 Å². The molecule has 0 saturated heterocycles. The third-order valence-corrected chi connectivity index (χ3v) is 7.70. The minimum atomic E-state index is -3.71. The Balaban J connectivity index is 1.47. The average molecular weight is 474 g/mol. The molecule has 1 unspecified atom stereocenters. The Morgan fingerprint density at radius 2 is 2.12 bits per heavy atom. The number of hydrogen-bond donors (Lipinski definition) is 1. The van der Waals surface area contributed by atoms with E-state index in [2.05, 4.69) is 6.08 Å². The predicted molar refractivity (Wildman–Crippen MR) is 122 cm³/mol. The lowest BCUT2D eigenvalue weighted by atomic mass is 10.0. The van der Waals surface area contributed by atoms with Gasteiger partial charge in [0.1, 0.15) is 24.3 Å². The fourth-order valence-electron chi connectivity index (χ4n) is 3.65. The summed E-state index contributed by atoms with van der Waals surface area (Å²) >= 11 is 1.58. The molecule has 1 atom stereocenters. The molecule has 168 valence electrons. The molecule has 2 heterocycles. The molecule has 1 amide bonds. The van der Waals surface area contributed by atoms with E-state index < -0.39 is 21.6 Å². The third kappa shape index (κ3) is 5.48. The lowest BCUT2D eigenvalue weighted by molar-refractivity contribution is -0.158. The maximum absolute atomic E-state index is 12.9. The zero-order valence-corrected chi connectivity index (χ0v) is 18.8. The minimum absolute atomic E-state index is 0.0564. The zero-order valence-electron chi connectivity index (χ0n) is 17.2. The summed E-state index contributed by atoms with van der Waals surface area (Å²) < 4.78 is 38.1. The smallest absolute Gasteiger partial charge is 0.233 e. The summed E-state index contributed by atoms with van der Waals surface area (Å²) in [5, 5.41) is 13.3. The molecule has 1 aliphatic carbocycles. The summed E-state index contributed by atoms with van der Waals surface area (Å²) in [5.74, 6) is -0.204. The second-order valence-electron chi connectivity index (χ2n) is 7.66. The molecule has 1 aliphatic heterocycles. The van der Waals surface area contributed by atoms with Gasteiger partial charge in [-0.15, -0.1) is 11.3 Å². The van der Waals surface area contributed by atoms with Crippen molar-refractivity contribution < 1.29 is 27.9 Å². The highest BCUT2D eigenvalue weighted by atomic mass is 32.2. The number of amides is 1. The Hall–Kier alpha value is -2.88. The molecule has 0 fully saturated rings. The van der Waals surface area contributed by atoms with E-state index in [0.29, 0.717) is 22.8 Å². The normalized spacial score (nSPS) is 17.0. The summed E-state index contributed by atoms with van der Waals surface area (Å²) in [7, 11) is -3.71. The molecule has 7 nitrogen and oxygen atoms in total. The molecule has 0 bridgehead atoms. The van der Waals surface area contributed by atoms with Crippen molar-refractivity contribution in [2.75, 3.05) is 5.75 Å². The second kappa shape index (κ2) is 9.72. The Morgan fingerprint density at radius 3 is 2.91 bits per heavy atom. The van der Waals surface area contributed by atoms with Crippen molar-refractivity contribution in [2.45, 2.75) is 31.1 Å². The van der Waals surface area contributed by atoms with Gasteiger partial charge in [0.15, 0.2) is 15.6 Å². The van der Waals surface area contributed by atoms with Gasteiger partial charge in [0.2, 0.25) is 6.41 Å². The molecular weight excluding hydrogens is 450 g/mol. The van der Waals surface area contributed by atoms with E-state index in [0.717, 1.165) is 28.5 Å². The first kappa shape index (κ1) is 22.3. The molecule has 4 rings (SSSR count). The molecule has 2 aliphatic rings. The fourth-order valence-corrected chi connectivity index (χ4v) is 6.02. The van der Waals surface area contributed by atoms with Gasteiger partial charge in [0.25, 0.3) is 0 Å². The van der Waals surface area contributed by atoms with Crippen LogP contribution in [0.25, 0.3) is 10.1 Å². The van der Waals surface area contributed by atoms with Crippen molar-refractivity contribution >= 4 is 37.7 Å². The van der Waals surface area contributed by atoms with Gasteiger partial charge >= 0.3 is 0 Å². The zero-order chi connectivity index (χ0) is 22.6. The number of rotatable bonds is 9. The van der Waals surface area contributed by atoms with E-state index in [-0.39, 0.29) is 17.9 Å². The highest BCUT2D eigenvalue weighted by Gasteiger charge is 2.31. The lowest BCUT2D eigenvalue weighted by Crippen LogP contribution is -2.40. The van der Waals surface area contributed by atoms with E-state index in [1.807, 2.05) is 35.7 Å². The van der Waals surface area contributed by atoms with E-state index in [1.54, 1.807) is 17.4 Å². The Kier molecular flexibility index (Phi) is 6.78. The van der Waals surface area contributed by atoms with Gasteiger partial charge in [-0.2, -0.15) is 0 Å². The maximum atomic E-state index is 12.9. The average Bonchev–Trinajstić information content (AvgIpc) is 3.25. The van der Waals surface area contributed by atoms with Gasteiger partial charge in [-0.05, 0) is 47.4 Å². The Morgan fingerprint density at radius 1 is 1.25 bits per heavy atom. The van der Waals surface area contributed by atoms with Gasteiger partial charge < -0.3 is 9.47 Å². The minimum Gasteiger partial charge on any atom is -0.465 e. The van der Waals surface area contributed by atoms with Gasteiger partial charge in [-0.25, -0.2) is 13.5 Å². The van der Waals surface area contributed by atoms with E-state index >= 15 is 0 Å². The van der Waals surface area contributed by atoms with Crippen LogP contribution >= 0.6 is 11.3 Å². The molecule has 1 aromatic heterocycles. The van der Waals surface area contributed by atoms with Gasteiger partial charge in [-0.1, -0.05) is 29.9 Å². The summed E-state index contributed by atoms with van der Waals surface area (Å²) in [5.41, 5.74) is 1.78. The molecular formula is C23H23NO6S2. The largest absolute Gasteiger partial charge is 0.465 e. The maximum Gasteiger partial charge on any atom is 0.233 e. The number of fused-ring (bicyclic) bond motifs is 1. The van der Waals surface area contributed by atoms with E-state index in [9.17, 15) is 18.4 Å². The van der Waals surface area contributed by atoms with Crippen molar-refractivity contribution in [3.63, 3.8) is 0 Å². The van der Waals surface area contributed by atoms with Crippen LogP contribution in [-0.4, -0.2) is 36.9 Å². The number of ether oxygens (including phenoxy) is 2. The third-order valence-electron chi connectivity index (χ3n) is 5.20. The molecule has 0 spiro atoms. The number of sulfone groups is 1. The monoisotopic (exact) mass is 473 g/mol. The number of hydrogen-bond acceptors (Lipinski definition) is 7. The first-order valence-corrected chi connectivity index (χ1v) is 12.8. The quantitative estimate of drug-likeness (QED) is 0.329. The lowest BCUT2D eigenvalue weighted by Gasteiger charge is -2.27. The first-order valence-electron chi connectivity index (χ1n) is 10.1. The number of nitrogens with zero attached hydrogens (tertiary/aromatic N) is 1. The van der Waals surface area contributed by atoms with Crippen LogP contribution in [0.2, 0.25) is 0 Å². The molecule has 32 heavy (non-hydrogen) atoms. The highest BCUT2D eigenvalue weighted by molar-refractivity contribution is 7.90. The SMILES string of the molecule is O=CN(O)C(CS(=O)(=O)Cc1ccc2sccc2c1)C1=COC=C(CC2=CC=CCC2)O1. The fraction of sp³-hybridized carbons (Fsp3) is 0.261. The molecule has 9 heteroatoms. The van der Waals surface area contributed by atoms with Crippen LogP contribution in [0.3, 0.4) is 0 Å². The molecule has 2 aromatic rings. The van der Waals surface area contributed by atoms with Crippen LogP contribution in [0.4, 0.5) is 0 Å². The van der Waals surface area contributed by atoms with E-state index in [4.69, 9.17) is 9.47 Å². The van der Waals surface area contributed by atoms with Crippen LogP contribution in [0.15, 0.2) is 77.5 Å². The predicted octanol–water partition coefficient (Wildman–Crippen LogP) is 4.43. The molecule has 1 N–H and O–H groups in total. The highest BCUT2D eigenvalue weighted by Crippen LogP contribution is 2.28. The van der Waals surface area contributed by atoms with Gasteiger partial charge in [-0.3, -0.25) is 10.0 Å². The molecule has 1 aromatic carbocycles. The van der Waals surface area contributed by atoms with Crippen molar-refractivity contribution in [3.8, 4) is 0 Å². The number of allylic oxidation sites excluding steroid dienone is 4. The molecule has 0 saturated carbocycles. The van der Waals surface area contributed by atoms with Crippen molar-refractivity contribution in [3.05, 3.63) is 83.1 Å².